The van der Waals surface area contributed by atoms with Crippen LogP contribution in [0.1, 0.15) is 5.56 Å². The molecule has 0 radical (unpaired) electrons. The molecule has 0 aliphatic heterocycles. The van der Waals surface area contributed by atoms with Crippen LogP contribution in [0, 0.1) is 5.92 Å². The van der Waals surface area contributed by atoms with Crippen LogP contribution in [0.4, 0.5) is 4.79 Å². The minimum absolute atomic E-state index is 0.0244. The van der Waals surface area contributed by atoms with Gasteiger partial charge in [0, 0.05) is 6.54 Å². The van der Waals surface area contributed by atoms with Gasteiger partial charge in [-0.1, -0.05) is 30.9 Å². The first kappa shape index (κ1) is 16.6. The number of nitrogens with one attached hydrogen (secondary N) is 1. The number of aliphatic carboxylic acids is 1. The van der Waals surface area contributed by atoms with Gasteiger partial charge in [0.2, 0.25) is 0 Å². The van der Waals surface area contributed by atoms with Gasteiger partial charge in [0.15, 0.2) is 0 Å². The molecule has 0 saturated heterocycles. The van der Waals surface area contributed by atoms with Crippen molar-refractivity contribution in [2.45, 2.75) is 6.42 Å². The number of ether oxygens (including phenoxy) is 2. The third-order valence-electron chi connectivity index (χ3n) is 2.83. The van der Waals surface area contributed by atoms with Crippen molar-refractivity contribution in [2.75, 3.05) is 20.3 Å². The van der Waals surface area contributed by atoms with Crippen LogP contribution in [-0.4, -0.2) is 37.4 Å². The van der Waals surface area contributed by atoms with Gasteiger partial charge >= 0.3 is 12.1 Å². The van der Waals surface area contributed by atoms with E-state index in [-0.39, 0.29) is 19.6 Å². The molecule has 1 amide bonds. The Labute approximate surface area is 123 Å². The minimum Gasteiger partial charge on any atom is -0.496 e. The Balaban J connectivity index is 2.63. The van der Waals surface area contributed by atoms with E-state index in [1.54, 1.807) is 12.1 Å². The Morgan fingerprint density at radius 3 is 2.76 bits per heavy atom. The van der Waals surface area contributed by atoms with Crippen molar-refractivity contribution >= 4 is 12.1 Å². The van der Waals surface area contributed by atoms with Crippen molar-refractivity contribution in [1.82, 2.24) is 5.32 Å². The standard InChI is InChI=1S/C15H19NO5/c1-3-8-21-15(19)16-10-12(14(17)18)9-11-6-4-5-7-13(11)20-2/h3-7,12H,1,8-10H2,2H3,(H,16,19)(H,17,18). The van der Waals surface area contributed by atoms with Gasteiger partial charge in [0.25, 0.3) is 0 Å². The zero-order valence-electron chi connectivity index (χ0n) is 11.9. The summed E-state index contributed by atoms with van der Waals surface area (Å²) in [6.45, 7) is 3.47. The molecule has 0 spiro atoms. The average Bonchev–Trinajstić information content (AvgIpc) is 2.49. The van der Waals surface area contributed by atoms with Gasteiger partial charge in [0.1, 0.15) is 12.4 Å². The lowest BCUT2D eigenvalue weighted by Crippen LogP contribution is -2.34. The number of methoxy groups -OCH3 is 1. The van der Waals surface area contributed by atoms with Crippen LogP contribution in [0.15, 0.2) is 36.9 Å². The quantitative estimate of drug-likeness (QED) is 0.714. The zero-order chi connectivity index (χ0) is 15.7. The van der Waals surface area contributed by atoms with E-state index in [2.05, 4.69) is 11.9 Å². The lowest BCUT2D eigenvalue weighted by Gasteiger charge is -2.15. The molecular weight excluding hydrogens is 274 g/mol. The molecule has 1 rings (SSSR count). The summed E-state index contributed by atoms with van der Waals surface area (Å²) < 4.78 is 9.92. The first-order valence-electron chi connectivity index (χ1n) is 6.44. The smallest absolute Gasteiger partial charge is 0.407 e. The van der Waals surface area contributed by atoms with Gasteiger partial charge in [-0.25, -0.2) is 4.79 Å². The summed E-state index contributed by atoms with van der Waals surface area (Å²) in [5.41, 5.74) is 0.772. The Hall–Kier alpha value is -2.50. The third-order valence-corrected chi connectivity index (χ3v) is 2.83. The fourth-order valence-corrected chi connectivity index (χ4v) is 1.78. The van der Waals surface area contributed by atoms with Crippen molar-refractivity contribution in [1.29, 1.82) is 0 Å². The molecule has 6 heteroatoms. The van der Waals surface area contributed by atoms with Crippen molar-refractivity contribution in [2.24, 2.45) is 5.92 Å². The Kier molecular flexibility index (Phi) is 6.80. The third kappa shape index (κ3) is 5.56. The lowest BCUT2D eigenvalue weighted by atomic mass is 9.98. The van der Waals surface area contributed by atoms with Crippen LogP contribution in [0.5, 0.6) is 5.75 Å². The summed E-state index contributed by atoms with van der Waals surface area (Å²) in [6.07, 6.45) is 1.02. The van der Waals surface area contributed by atoms with Gasteiger partial charge in [-0.3, -0.25) is 4.79 Å². The predicted octanol–water partition coefficient (Wildman–Crippen LogP) is 1.85. The van der Waals surface area contributed by atoms with E-state index in [0.717, 1.165) is 5.56 Å². The highest BCUT2D eigenvalue weighted by Crippen LogP contribution is 2.20. The molecule has 0 aliphatic rings. The van der Waals surface area contributed by atoms with E-state index in [0.29, 0.717) is 5.75 Å². The number of carboxylic acid groups (broad SMARTS) is 1. The molecule has 0 aliphatic carbocycles. The molecule has 1 atom stereocenters. The molecule has 0 saturated carbocycles. The fourth-order valence-electron chi connectivity index (χ4n) is 1.78. The SMILES string of the molecule is C=CCOC(=O)NCC(Cc1ccccc1OC)C(=O)O. The monoisotopic (exact) mass is 293 g/mol. The van der Waals surface area contributed by atoms with Gasteiger partial charge in [-0.15, -0.1) is 0 Å². The van der Waals surface area contributed by atoms with E-state index in [1.807, 2.05) is 12.1 Å². The molecule has 6 nitrogen and oxygen atoms in total. The molecule has 2 N–H and O–H groups in total. The van der Waals surface area contributed by atoms with Crippen molar-refractivity contribution < 1.29 is 24.2 Å². The highest BCUT2D eigenvalue weighted by Gasteiger charge is 2.20. The summed E-state index contributed by atoms with van der Waals surface area (Å²) in [5, 5.41) is 11.7. The Morgan fingerprint density at radius 1 is 1.43 bits per heavy atom. The molecule has 0 aromatic heterocycles. The summed E-state index contributed by atoms with van der Waals surface area (Å²) in [4.78, 5) is 22.6. The normalized spacial score (nSPS) is 11.3. The molecule has 1 unspecified atom stereocenters. The number of para-hydroxylation sites is 1. The molecule has 0 fully saturated rings. The maximum absolute atomic E-state index is 11.3. The van der Waals surface area contributed by atoms with Crippen LogP contribution in [0.25, 0.3) is 0 Å². The first-order valence-corrected chi connectivity index (χ1v) is 6.44. The molecule has 21 heavy (non-hydrogen) atoms. The van der Waals surface area contributed by atoms with E-state index >= 15 is 0 Å². The molecule has 0 bridgehead atoms. The largest absolute Gasteiger partial charge is 0.496 e. The van der Waals surface area contributed by atoms with E-state index in [4.69, 9.17) is 9.47 Å². The molecule has 114 valence electrons. The molecular formula is C15H19NO5. The predicted molar refractivity (Wildman–Crippen MR) is 77.4 cm³/mol. The van der Waals surface area contributed by atoms with Gasteiger partial charge in [0.05, 0.1) is 13.0 Å². The van der Waals surface area contributed by atoms with Gasteiger partial charge < -0.3 is 19.9 Å². The number of benzene rings is 1. The second-order valence-corrected chi connectivity index (χ2v) is 4.32. The van der Waals surface area contributed by atoms with Gasteiger partial charge in [-0.2, -0.15) is 0 Å². The first-order chi connectivity index (χ1) is 10.1. The van der Waals surface area contributed by atoms with E-state index < -0.39 is 18.0 Å². The highest BCUT2D eigenvalue weighted by molar-refractivity contribution is 5.73. The molecule has 0 heterocycles. The number of carboxylic acids is 1. The number of amides is 1. The van der Waals surface area contributed by atoms with Crippen molar-refractivity contribution in [3.05, 3.63) is 42.5 Å². The zero-order valence-corrected chi connectivity index (χ0v) is 11.9. The summed E-state index contributed by atoms with van der Waals surface area (Å²) in [7, 11) is 1.53. The average molecular weight is 293 g/mol. The lowest BCUT2D eigenvalue weighted by molar-refractivity contribution is -0.141. The summed E-state index contributed by atoms with van der Waals surface area (Å²) in [6, 6.07) is 7.18. The van der Waals surface area contributed by atoms with Crippen LogP contribution in [-0.2, 0) is 16.0 Å². The van der Waals surface area contributed by atoms with E-state index in [1.165, 1.54) is 13.2 Å². The number of hydrogen-bond acceptors (Lipinski definition) is 4. The van der Waals surface area contributed by atoms with E-state index in [9.17, 15) is 14.7 Å². The molecule has 1 aromatic carbocycles. The topological polar surface area (TPSA) is 84.9 Å². The maximum Gasteiger partial charge on any atom is 0.407 e. The number of rotatable bonds is 8. The van der Waals surface area contributed by atoms with Crippen LogP contribution >= 0.6 is 0 Å². The number of alkyl carbamates (subject to hydrolysis) is 1. The number of carbonyl (C=O) groups is 2. The fraction of sp³-hybridized carbons (Fsp3) is 0.333. The minimum atomic E-state index is -0.995. The number of carbonyl (C=O) groups excluding carboxylic acids is 1. The second kappa shape index (κ2) is 8.63. The van der Waals surface area contributed by atoms with Crippen molar-refractivity contribution in [3.63, 3.8) is 0 Å². The Bertz CT molecular complexity index is 501. The Morgan fingerprint density at radius 2 is 2.14 bits per heavy atom. The summed E-state index contributed by atoms with van der Waals surface area (Å²) in [5.74, 6) is -1.14. The maximum atomic E-state index is 11.3. The second-order valence-electron chi connectivity index (χ2n) is 4.32. The van der Waals surface area contributed by atoms with Crippen molar-refractivity contribution in [3.8, 4) is 5.75 Å². The van der Waals surface area contributed by atoms with Crippen LogP contribution in [0.2, 0.25) is 0 Å². The molecule has 1 aromatic rings. The van der Waals surface area contributed by atoms with Gasteiger partial charge in [-0.05, 0) is 18.1 Å². The van der Waals surface area contributed by atoms with Crippen LogP contribution < -0.4 is 10.1 Å². The van der Waals surface area contributed by atoms with Crippen LogP contribution in [0.3, 0.4) is 0 Å². The summed E-state index contributed by atoms with van der Waals surface area (Å²) >= 11 is 0. The highest BCUT2D eigenvalue weighted by atomic mass is 16.5. The number of hydrogen-bond donors (Lipinski definition) is 2.